The van der Waals surface area contributed by atoms with Gasteiger partial charge in [0.05, 0.1) is 0 Å². The fraction of sp³-hybridized carbons (Fsp3) is 0.733. The van der Waals surface area contributed by atoms with E-state index in [0.717, 1.165) is 37.0 Å². The van der Waals surface area contributed by atoms with Crippen molar-refractivity contribution in [1.82, 2.24) is 9.97 Å². The van der Waals surface area contributed by atoms with Crippen LogP contribution in [0.25, 0.3) is 0 Å². The molecule has 0 atom stereocenters. The fourth-order valence-electron chi connectivity index (χ4n) is 2.50. The van der Waals surface area contributed by atoms with Gasteiger partial charge in [-0.3, -0.25) is 0 Å². The molecule has 0 radical (unpaired) electrons. The van der Waals surface area contributed by atoms with E-state index in [1.807, 2.05) is 13.0 Å². The highest BCUT2D eigenvalue weighted by Gasteiger charge is 2.41. The second-order valence-electron chi connectivity index (χ2n) is 5.72. The molecule has 0 aromatic carbocycles. The van der Waals surface area contributed by atoms with E-state index in [1.165, 1.54) is 25.7 Å². The highest BCUT2D eigenvalue weighted by Crippen LogP contribution is 2.49. The van der Waals surface area contributed by atoms with E-state index in [4.69, 9.17) is 0 Å². The predicted octanol–water partition coefficient (Wildman–Crippen LogP) is 3.60. The van der Waals surface area contributed by atoms with Crippen LogP contribution in [0.1, 0.15) is 51.8 Å². The topological polar surface area (TPSA) is 49.8 Å². The maximum atomic E-state index is 4.47. The highest BCUT2D eigenvalue weighted by atomic mass is 15.1. The Morgan fingerprint density at radius 2 is 1.79 bits per heavy atom. The lowest BCUT2D eigenvalue weighted by molar-refractivity contribution is 0.485. The molecule has 1 aliphatic rings. The van der Waals surface area contributed by atoms with Gasteiger partial charge < -0.3 is 10.6 Å². The number of aryl methyl sites for hydroxylation is 1. The Labute approximate surface area is 116 Å². The second-order valence-corrected chi connectivity index (χ2v) is 5.72. The molecule has 2 rings (SSSR count). The normalized spacial score (nSPS) is 16.2. The summed E-state index contributed by atoms with van der Waals surface area (Å²) < 4.78 is 0. The first kappa shape index (κ1) is 14.1. The summed E-state index contributed by atoms with van der Waals surface area (Å²) in [5.74, 6) is 2.70. The minimum atomic E-state index is 0.546. The summed E-state index contributed by atoms with van der Waals surface area (Å²) in [6.45, 7) is 8.37. The number of hydrogen-bond acceptors (Lipinski definition) is 4. The monoisotopic (exact) mass is 262 g/mol. The van der Waals surface area contributed by atoms with Crippen LogP contribution in [0.4, 0.5) is 11.6 Å². The minimum absolute atomic E-state index is 0.546. The van der Waals surface area contributed by atoms with E-state index in [-0.39, 0.29) is 0 Å². The quantitative estimate of drug-likeness (QED) is 0.751. The lowest BCUT2D eigenvalue weighted by Crippen LogP contribution is -2.16. The van der Waals surface area contributed by atoms with Crippen molar-refractivity contribution in [3.63, 3.8) is 0 Å². The molecule has 0 aliphatic heterocycles. The number of aromatic nitrogens is 2. The first-order valence-corrected chi connectivity index (χ1v) is 7.51. The molecular weight excluding hydrogens is 236 g/mol. The van der Waals surface area contributed by atoms with Crippen molar-refractivity contribution < 1.29 is 0 Å². The van der Waals surface area contributed by atoms with Crippen molar-refractivity contribution in [2.45, 2.75) is 52.9 Å². The van der Waals surface area contributed by atoms with Gasteiger partial charge in [0, 0.05) is 19.2 Å². The molecule has 0 spiro atoms. The van der Waals surface area contributed by atoms with E-state index in [1.54, 1.807) is 0 Å². The first-order chi connectivity index (χ1) is 9.17. The molecule has 1 aromatic heterocycles. The second kappa shape index (κ2) is 6.22. The molecule has 4 nitrogen and oxygen atoms in total. The molecule has 1 aromatic rings. The van der Waals surface area contributed by atoms with E-state index in [0.29, 0.717) is 5.41 Å². The first-order valence-electron chi connectivity index (χ1n) is 7.51. The van der Waals surface area contributed by atoms with Gasteiger partial charge >= 0.3 is 0 Å². The van der Waals surface area contributed by atoms with E-state index in [2.05, 4.69) is 34.4 Å². The van der Waals surface area contributed by atoms with E-state index in [9.17, 15) is 0 Å². The van der Waals surface area contributed by atoms with Crippen LogP contribution in [-0.4, -0.2) is 23.1 Å². The van der Waals surface area contributed by atoms with Gasteiger partial charge in [0.2, 0.25) is 0 Å². The number of nitrogens with zero attached hydrogens (tertiary/aromatic N) is 2. The van der Waals surface area contributed by atoms with Crippen molar-refractivity contribution in [2.24, 2.45) is 5.41 Å². The van der Waals surface area contributed by atoms with Crippen LogP contribution in [0.2, 0.25) is 0 Å². The Balaban J connectivity index is 1.94. The van der Waals surface area contributed by atoms with Gasteiger partial charge in [0.25, 0.3) is 0 Å². The molecule has 4 heteroatoms. The van der Waals surface area contributed by atoms with Crippen LogP contribution in [0.5, 0.6) is 0 Å². The molecular formula is C15H26N4. The van der Waals surface area contributed by atoms with Gasteiger partial charge in [0.15, 0.2) is 0 Å². The third kappa shape index (κ3) is 4.08. The molecule has 1 fully saturated rings. The molecule has 0 unspecified atom stereocenters. The number of nitrogens with one attached hydrogen (secondary N) is 2. The smallest absolute Gasteiger partial charge is 0.131 e. The lowest BCUT2D eigenvalue weighted by atomic mass is 10.0. The summed E-state index contributed by atoms with van der Waals surface area (Å²) in [4.78, 5) is 8.88. The number of rotatable bonds is 8. The van der Waals surface area contributed by atoms with E-state index < -0.39 is 0 Å². The minimum Gasteiger partial charge on any atom is -0.370 e. The Hall–Kier alpha value is -1.32. The van der Waals surface area contributed by atoms with Crippen molar-refractivity contribution in [2.75, 3.05) is 23.7 Å². The van der Waals surface area contributed by atoms with Gasteiger partial charge in [-0.1, -0.05) is 20.3 Å². The average molecular weight is 262 g/mol. The zero-order chi connectivity index (χ0) is 13.7. The van der Waals surface area contributed by atoms with E-state index >= 15 is 0 Å². The molecule has 0 bridgehead atoms. The predicted molar refractivity (Wildman–Crippen MR) is 80.6 cm³/mol. The Kier molecular flexibility index (Phi) is 4.61. The maximum absolute atomic E-state index is 4.47. The summed E-state index contributed by atoms with van der Waals surface area (Å²) in [5.41, 5.74) is 0.546. The van der Waals surface area contributed by atoms with Crippen LogP contribution in [0.15, 0.2) is 6.07 Å². The summed E-state index contributed by atoms with van der Waals surface area (Å²) in [5, 5.41) is 6.82. The van der Waals surface area contributed by atoms with Crippen LogP contribution in [0, 0.1) is 12.3 Å². The summed E-state index contributed by atoms with van der Waals surface area (Å²) >= 11 is 0. The SMILES string of the molecule is CCCNc1cc(NCC2(CCC)CC2)nc(C)n1. The molecule has 1 aliphatic carbocycles. The molecule has 1 saturated carbocycles. The zero-order valence-electron chi connectivity index (χ0n) is 12.4. The van der Waals surface area contributed by atoms with Gasteiger partial charge in [-0.25, -0.2) is 9.97 Å². The van der Waals surface area contributed by atoms with Crippen LogP contribution < -0.4 is 10.6 Å². The Bertz CT molecular complexity index is 413. The maximum Gasteiger partial charge on any atom is 0.131 e. The van der Waals surface area contributed by atoms with Gasteiger partial charge in [-0.15, -0.1) is 0 Å². The summed E-state index contributed by atoms with van der Waals surface area (Å²) in [6, 6.07) is 2.02. The van der Waals surface area contributed by atoms with Crippen molar-refractivity contribution in [1.29, 1.82) is 0 Å². The molecule has 106 valence electrons. The van der Waals surface area contributed by atoms with Gasteiger partial charge in [-0.2, -0.15) is 0 Å². The van der Waals surface area contributed by atoms with Crippen LogP contribution in [-0.2, 0) is 0 Å². The molecule has 1 heterocycles. The fourth-order valence-corrected chi connectivity index (χ4v) is 2.50. The van der Waals surface area contributed by atoms with Crippen LogP contribution in [0.3, 0.4) is 0 Å². The Morgan fingerprint density at radius 3 is 2.37 bits per heavy atom. The largest absolute Gasteiger partial charge is 0.370 e. The number of hydrogen-bond donors (Lipinski definition) is 2. The van der Waals surface area contributed by atoms with Gasteiger partial charge in [0.1, 0.15) is 17.5 Å². The summed E-state index contributed by atoms with van der Waals surface area (Å²) in [6.07, 6.45) is 6.42. The molecule has 2 N–H and O–H groups in total. The zero-order valence-corrected chi connectivity index (χ0v) is 12.4. The van der Waals surface area contributed by atoms with Crippen molar-refractivity contribution >= 4 is 11.6 Å². The molecule has 0 amide bonds. The van der Waals surface area contributed by atoms with Crippen molar-refractivity contribution in [3.05, 3.63) is 11.9 Å². The molecule has 19 heavy (non-hydrogen) atoms. The lowest BCUT2D eigenvalue weighted by Gasteiger charge is -2.16. The Morgan fingerprint density at radius 1 is 1.11 bits per heavy atom. The highest BCUT2D eigenvalue weighted by molar-refractivity contribution is 5.47. The van der Waals surface area contributed by atoms with Crippen molar-refractivity contribution in [3.8, 4) is 0 Å². The standard InChI is InChI=1S/C15H26N4/c1-4-6-15(7-8-15)11-17-14-10-13(16-9-5-2)18-12(3)19-14/h10H,4-9,11H2,1-3H3,(H2,16,17,18,19). The van der Waals surface area contributed by atoms with Gasteiger partial charge in [-0.05, 0) is 38.0 Å². The average Bonchev–Trinajstić information content (AvgIpc) is 3.14. The summed E-state index contributed by atoms with van der Waals surface area (Å²) in [7, 11) is 0. The number of anilines is 2. The third-order valence-corrected chi connectivity index (χ3v) is 3.78. The van der Waals surface area contributed by atoms with Crippen LogP contribution >= 0.6 is 0 Å². The molecule has 0 saturated heterocycles. The third-order valence-electron chi connectivity index (χ3n) is 3.78.